The van der Waals surface area contributed by atoms with E-state index in [1.165, 1.54) is 68.5 Å². The van der Waals surface area contributed by atoms with Crippen LogP contribution in [0.2, 0.25) is 33.0 Å². The van der Waals surface area contributed by atoms with Gasteiger partial charge in [0.15, 0.2) is 0 Å². The fraction of sp³-hybridized carbons (Fsp3) is 0.667. The van der Waals surface area contributed by atoms with Gasteiger partial charge < -0.3 is 0 Å². The minimum atomic E-state index is -2.38. The van der Waals surface area contributed by atoms with Gasteiger partial charge in [0.05, 0.1) is 0 Å². The summed E-state index contributed by atoms with van der Waals surface area (Å²) in [4.78, 5) is 0. The Morgan fingerprint density at radius 2 is 1.41 bits per heavy atom. The summed E-state index contributed by atoms with van der Waals surface area (Å²) in [5.41, 5.74) is 4.12. The molecular weight excluding hydrogens is 539 g/mol. The zero-order valence-electron chi connectivity index (χ0n) is 23.3. The second kappa shape index (κ2) is 11.8. The van der Waals surface area contributed by atoms with Crippen molar-refractivity contribution < 1.29 is 9.47 Å². The van der Waals surface area contributed by atoms with Crippen LogP contribution >= 0.6 is 0 Å². The summed E-state index contributed by atoms with van der Waals surface area (Å²) in [6, 6.07) is 8.89. The van der Waals surface area contributed by atoms with E-state index in [2.05, 4.69) is 88.7 Å². The molecule has 1 aromatic rings. The topological polar surface area (TPSA) is 18.5 Å². The molecule has 34 heavy (non-hydrogen) atoms. The van der Waals surface area contributed by atoms with E-state index in [9.17, 15) is 0 Å². The molecule has 190 valence electrons. The Balaban J connectivity index is 2.13. The Kier molecular flexibility index (Phi) is 9.78. The number of hydrogen-bond acceptors (Lipinski definition) is 2. The number of benzene rings is 1. The third kappa shape index (κ3) is 6.49. The summed E-state index contributed by atoms with van der Waals surface area (Å²) in [5, 5.41) is 1.60. The van der Waals surface area contributed by atoms with Crippen LogP contribution < -0.4 is 0 Å². The molecule has 0 saturated carbocycles. The van der Waals surface area contributed by atoms with Crippen LogP contribution in [0.25, 0.3) is 5.57 Å². The van der Waals surface area contributed by atoms with Crippen LogP contribution in [-0.2, 0) is 9.47 Å². The summed E-state index contributed by atoms with van der Waals surface area (Å²) < 4.78 is 20.5. The van der Waals surface area contributed by atoms with E-state index in [0.29, 0.717) is 0 Å². The van der Waals surface area contributed by atoms with E-state index in [4.69, 9.17) is 9.47 Å². The van der Waals surface area contributed by atoms with Crippen LogP contribution in [0.15, 0.2) is 39.6 Å². The van der Waals surface area contributed by atoms with Crippen LogP contribution in [0.3, 0.4) is 0 Å². The monoisotopic (exact) mass is 590 g/mol. The molecule has 4 heteroatoms. The first-order chi connectivity index (χ1) is 16.1. The molecule has 0 unspecified atom stereocenters. The van der Waals surface area contributed by atoms with Crippen molar-refractivity contribution in [1.29, 1.82) is 0 Å². The predicted octanol–water partition coefficient (Wildman–Crippen LogP) is 9.47. The molecule has 0 aromatic heterocycles. The molecule has 1 fully saturated rings. The number of allylic oxidation sites excluding steroid dienone is 2. The molecular formula is C30H50O2SiSn. The summed E-state index contributed by atoms with van der Waals surface area (Å²) in [7, 11) is -1.63. The fourth-order valence-electron chi connectivity index (χ4n) is 5.86. The SMILES string of the molecule is CCC[CH2][Sn](/[CH]=C/C(=C1\c2ccccc2[C@H]2OC(C)(C)O[C@@H]12)[Si](C)(C)C)([CH2]CCC)[CH2]CCC. The standard InChI is InChI=1S/C18H23O2Si.3C4H9.Sn/c1-7-14(21(4,5)6)15-12-10-8-9-11-13(12)16-17(15)20-18(2,3)19-16;3*1-3-4-2;/h1,7-11,16-17H,2-6H3;3*1,3-4H2,2H3;/b7-1?,15-14-;;;;/t16-,17+;;;;/m1..../s1. The average molecular weight is 590 g/mol. The van der Waals surface area contributed by atoms with Gasteiger partial charge >= 0.3 is 216 Å². The molecule has 1 saturated heterocycles. The van der Waals surface area contributed by atoms with Crippen molar-refractivity contribution in [3.05, 3.63) is 50.8 Å². The Labute approximate surface area is 215 Å². The summed E-state index contributed by atoms with van der Waals surface area (Å²) in [6.45, 7) is 18.8. The maximum atomic E-state index is 6.60. The minimum absolute atomic E-state index is 0.0188. The maximum absolute atomic E-state index is 6.60. The van der Waals surface area contributed by atoms with Crippen LogP contribution in [0.1, 0.15) is 90.4 Å². The van der Waals surface area contributed by atoms with Crippen molar-refractivity contribution >= 4 is 32.0 Å². The molecule has 2 atom stereocenters. The summed E-state index contributed by atoms with van der Waals surface area (Å²) >= 11 is -2.38. The first-order valence-electron chi connectivity index (χ1n) is 14.0. The van der Waals surface area contributed by atoms with Crippen molar-refractivity contribution in [2.24, 2.45) is 0 Å². The van der Waals surface area contributed by atoms with Crippen molar-refractivity contribution in [3.8, 4) is 0 Å². The zero-order valence-corrected chi connectivity index (χ0v) is 27.2. The van der Waals surface area contributed by atoms with Gasteiger partial charge in [0.25, 0.3) is 0 Å². The number of hydrogen-bond donors (Lipinski definition) is 0. The Morgan fingerprint density at radius 1 is 0.882 bits per heavy atom. The van der Waals surface area contributed by atoms with Crippen LogP contribution in [0.4, 0.5) is 0 Å². The molecule has 3 rings (SSSR count). The van der Waals surface area contributed by atoms with Gasteiger partial charge in [0.1, 0.15) is 0 Å². The van der Waals surface area contributed by atoms with Gasteiger partial charge in [-0.3, -0.25) is 0 Å². The quantitative estimate of drug-likeness (QED) is 0.226. The van der Waals surface area contributed by atoms with Crippen molar-refractivity contribution in [1.82, 2.24) is 0 Å². The Hall–Kier alpha value is -0.364. The molecule has 1 aliphatic carbocycles. The van der Waals surface area contributed by atoms with Gasteiger partial charge in [-0.2, -0.15) is 0 Å². The van der Waals surface area contributed by atoms with Gasteiger partial charge in [-0.15, -0.1) is 0 Å². The normalized spacial score (nSPS) is 23.4. The van der Waals surface area contributed by atoms with Gasteiger partial charge in [-0.1, -0.05) is 0 Å². The Morgan fingerprint density at radius 3 is 1.94 bits per heavy atom. The molecule has 1 heterocycles. The molecule has 2 aliphatic rings. The van der Waals surface area contributed by atoms with E-state index in [1.807, 2.05) is 0 Å². The predicted molar refractivity (Wildman–Crippen MR) is 154 cm³/mol. The molecule has 0 amide bonds. The Bertz CT molecular complexity index is 858. The first kappa shape index (κ1) is 28.2. The molecule has 0 N–H and O–H groups in total. The van der Waals surface area contributed by atoms with E-state index >= 15 is 0 Å². The van der Waals surface area contributed by atoms with Gasteiger partial charge in [0, 0.05) is 0 Å². The molecule has 1 aliphatic heterocycles. The number of ether oxygens (including phenoxy) is 2. The van der Waals surface area contributed by atoms with Gasteiger partial charge in [-0.05, 0) is 0 Å². The van der Waals surface area contributed by atoms with Crippen molar-refractivity contribution in [3.63, 3.8) is 0 Å². The van der Waals surface area contributed by atoms with E-state index in [0.717, 1.165) is 0 Å². The van der Waals surface area contributed by atoms with Crippen LogP contribution in [0, 0.1) is 0 Å². The summed E-state index contributed by atoms with van der Waals surface area (Å²) in [6.07, 6.45) is 10.9. The molecule has 0 spiro atoms. The molecule has 0 radical (unpaired) electrons. The average Bonchev–Trinajstić information content (AvgIpc) is 3.24. The van der Waals surface area contributed by atoms with Crippen LogP contribution in [0.5, 0.6) is 0 Å². The summed E-state index contributed by atoms with van der Waals surface area (Å²) in [5.74, 6) is -0.533. The zero-order chi connectivity index (χ0) is 25.0. The van der Waals surface area contributed by atoms with E-state index in [1.54, 1.807) is 5.20 Å². The van der Waals surface area contributed by atoms with Gasteiger partial charge in [-0.25, -0.2) is 0 Å². The number of fused-ring (bicyclic) bond motifs is 3. The fourth-order valence-corrected chi connectivity index (χ4v) is 22.1. The van der Waals surface area contributed by atoms with Crippen LogP contribution in [-0.4, -0.2) is 38.3 Å². The van der Waals surface area contributed by atoms with E-state index < -0.39 is 32.2 Å². The number of rotatable bonds is 12. The second-order valence-corrected chi connectivity index (χ2v) is 30.2. The molecule has 1 aromatic carbocycles. The molecule has 0 bridgehead atoms. The van der Waals surface area contributed by atoms with Crippen molar-refractivity contribution in [2.75, 3.05) is 0 Å². The van der Waals surface area contributed by atoms with E-state index in [-0.39, 0.29) is 12.2 Å². The second-order valence-electron chi connectivity index (χ2n) is 12.1. The van der Waals surface area contributed by atoms with Gasteiger partial charge in [0.2, 0.25) is 0 Å². The molecule has 2 nitrogen and oxygen atoms in total. The van der Waals surface area contributed by atoms with Crippen molar-refractivity contribution in [2.45, 2.75) is 124 Å². The third-order valence-electron chi connectivity index (χ3n) is 7.72. The number of unbranched alkanes of at least 4 members (excludes halogenated alkanes) is 3. The third-order valence-corrected chi connectivity index (χ3v) is 23.8. The first-order valence-corrected chi connectivity index (χ1v) is 25.2.